The zero-order chi connectivity index (χ0) is 25.8. The van der Waals surface area contributed by atoms with Gasteiger partial charge in [-0.25, -0.2) is 4.79 Å². The molecule has 0 unspecified atom stereocenters. The van der Waals surface area contributed by atoms with E-state index in [4.69, 9.17) is 20.8 Å². The zero-order valence-electron chi connectivity index (χ0n) is 20.3. The summed E-state index contributed by atoms with van der Waals surface area (Å²) in [6.45, 7) is 3.94. The molecule has 2 aromatic carbocycles. The van der Waals surface area contributed by atoms with Gasteiger partial charge in [0.1, 0.15) is 11.3 Å². The lowest BCUT2D eigenvalue weighted by atomic mass is 9.82. The summed E-state index contributed by atoms with van der Waals surface area (Å²) in [5.74, 6) is -1.22. The highest BCUT2D eigenvalue weighted by molar-refractivity contribution is 6.32. The molecular formula is C28H29ClNO6-. The Bertz CT molecular complexity index is 1310. The van der Waals surface area contributed by atoms with E-state index in [2.05, 4.69) is 5.32 Å². The molecule has 1 aliphatic rings. The molecular weight excluding hydrogens is 482 g/mol. The highest BCUT2D eigenvalue weighted by Gasteiger charge is 2.24. The lowest BCUT2D eigenvalue weighted by Gasteiger charge is -2.29. The molecule has 0 saturated heterocycles. The van der Waals surface area contributed by atoms with Crippen molar-refractivity contribution in [3.8, 4) is 5.75 Å². The largest absolute Gasteiger partial charge is 0.550 e. The van der Waals surface area contributed by atoms with Crippen LogP contribution >= 0.6 is 11.6 Å². The lowest BCUT2D eigenvalue weighted by molar-refractivity contribution is -0.312. The number of nitrogens with one attached hydrogen (secondary N) is 1. The number of rotatable bonds is 8. The predicted molar refractivity (Wildman–Crippen MR) is 135 cm³/mol. The Balaban J connectivity index is 1.43. The van der Waals surface area contributed by atoms with E-state index in [0.717, 1.165) is 24.0 Å². The molecule has 3 aromatic rings. The van der Waals surface area contributed by atoms with Crippen LogP contribution in [0.15, 0.2) is 51.7 Å². The Labute approximate surface area is 214 Å². The van der Waals surface area contributed by atoms with Crippen LogP contribution in [0, 0.1) is 18.8 Å². The van der Waals surface area contributed by atoms with Gasteiger partial charge in [-0.3, -0.25) is 4.79 Å². The fraction of sp³-hybridized carbons (Fsp3) is 0.393. The summed E-state index contributed by atoms with van der Waals surface area (Å²) in [5.41, 5.74) is 2.28. The number of carboxylic acids is 1. The van der Waals surface area contributed by atoms with Gasteiger partial charge in [0.25, 0.3) is 5.91 Å². The number of halogens is 1. The second kappa shape index (κ2) is 11.2. The minimum Gasteiger partial charge on any atom is -0.550 e. The van der Waals surface area contributed by atoms with Gasteiger partial charge in [0.15, 0.2) is 6.10 Å². The van der Waals surface area contributed by atoms with Gasteiger partial charge >= 0.3 is 5.63 Å². The fourth-order valence-electron chi connectivity index (χ4n) is 4.72. The highest BCUT2D eigenvalue weighted by Crippen LogP contribution is 2.33. The van der Waals surface area contributed by atoms with Crippen molar-refractivity contribution in [1.82, 2.24) is 5.32 Å². The number of fused-ring (bicyclic) bond motifs is 1. The molecule has 190 valence electrons. The van der Waals surface area contributed by atoms with E-state index in [1.165, 1.54) is 0 Å². The van der Waals surface area contributed by atoms with E-state index in [-0.39, 0.29) is 17.6 Å². The van der Waals surface area contributed by atoms with E-state index < -0.39 is 23.6 Å². The molecule has 7 nitrogen and oxygen atoms in total. The maximum atomic E-state index is 12.7. The number of benzene rings is 2. The van der Waals surface area contributed by atoms with Gasteiger partial charge < -0.3 is 24.4 Å². The quantitative estimate of drug-likeness (QED) is 0.462. The maximum Gasteiger partial charge on any atom is 0.340 e. The molecule has 1 atom stereocenters. The number of hydrogen-bond acceptors (Lipinski definition) is 6. The summed E-state index contributed by atoms with van der Waals surface area (Å²) in [7, 11) is 0. The first-order chi connectivity index (χ1) is 17.2. The minimum absolute atomic E-state index is 0.225. The Morgan fingerprint density at radius 2 is 1.86 bits per heavy atom. The molecule has 0 spiro atoms. The molecule has 1 fully saturated rings. The van der Waals surface area contributed by atoms with E-state index in [1.54, 1.807) is 19.1 Å². The number of carbonyl (C=O) groups is 2. The van der Waals surface area contributed by atoms with Gasteiger partial charge in [-0.15, -0.1) is 0 Å². The van der Waals surface area contributed by atoms with Crippen molar-refractivity contribution in [3.63, 3.8) is 0 Å². The van der Waals surface area contributed by atoms with Crippen LogP contribution in [-0.2, 0) is 16.0 Å². The molecule has 1 heterocycles. The molecule has 0 radical (unpaired) electrons. The summed E-state index contributed by atoms with van der Waals surface area (Å²) in [6.07, 6.45) is 2.22. The van der Waals surface area contributed by atoms with Crippen LogP contribution < -0.4 is 20.8 Å². The molecule has 1 aliphatic carbocycles. The minimum atomic E-state index is -0.995. The fourth-order valence-corrected chi connectivity index (χ4v) is 4.93. The standard InChI is InChI=1S/C28H30ClNO6/c1-16-21-13-23(29)25(14-24(21)36-28(34)22(16)12-18-6-4-3-5-7-18)35-17(2)26(31)30-15-19-8-10-20(11-9-19)27(32)33/h3-7,13-14,17,19-20H,8-12,15H2,1-2H3,(H,30,31)(H,32,33)/p-1/t17-,19?,20?/m0/s1. The van der Waals surface area contributed by atoms with Crippen molar-refractivity contribution in [1.29, 1.82) is 0 Å². The van der Waals surface area contributed by atoms with Crippen molar-refractivity contribution in [2.75, 3.05) is 6.54 Å². The molecule has 1 aromatic heterocycles. The highest BCUT2D eigenvalue weighted by atomic mass is 35.5. The Morgan fingerprint density at radius 1 is 1.17 bits per heavy atom. The summed E-state index contributed by atoms with van der Waals surface area (Å²) in [6, 6.07) is 12.9. The molecule has 0 aliphatic heterocycles. The number of amides is 1. The van der Waals surface area contributed by atoms with Crippen molar-refractivity contribution in [2.45, 2.75) is 52.1 Å². The van der Waals surface area contributed by atoms with Crippen LogP contribution in [0.5, 0.6) is 5.75 Å². The third-order valence-electron chi connectivity index (χ3n) is 6.98. The molecule has 1 N–H and O–H groups in total. The summed E-state index contributed by atoms with van der Waals surface area (Å²) < 4.78 is 11.4. The first-order valence-electron chi connectivity index (χ1n) is 12.2. The first kappa shape index (κ1) is 25.8. The van der Waals surface area contributed by atoms with Gasteiger partial charge in [0.05, 0.1) is 5.02 Å². The number of aryl methyl sites for hydroxylation is 1. The average Bonchev–Trinajstić information content (AvgIpc) is 2.87. The smallest absolute Gasteiger partial charge is 0.340 e. The Kier molecular flexibility index (Phi) is 7.99. The second-order valence-corrected chi connectivity index (χ2v) is 9.88. The van der Waals surface area contributed by atoms with Crippen molar-refractivity contribution < 1.29 is 23.8 Å². The molecule has 8 heteroatoms. The van der Waals surface area contributed by atoms with Gasteiger partial charge in [-0.1, -0.05) is 41.9 Å². The monoisotopic (exact) mass is 510 g/mol. The Morgan fingerprint density at radius 3 is 2.53 bits per heavy atom. The van der Waals surface area contributed by atoms with E-state index in [1.807, 2.05) is 37.3 Å². The second-order valence-electron chi connectivity index (χ2n) is 9.48. The molecule has 1 saturated carbocycles. The number of aliphatic carboxylic acids is 1. The van der Waals surface area contributed by atoms with Gasteiger partial charge in [0, 0.05) is 36.0 Å². The molecule has 0 bridgehead atoms. The zero-order valence-corrected chi connectivity index (χ0v) is 21.1. The Hall–Kier alpha value is -3.32. The average molecular weight is 511 g/mol. The number of carbonyl (C=O) groups excluding carboxylic acids is 2. The number of hydrogen-bond donors (Lipinski definition) is 1. The van der Waals surface area contributed by atoms with Crippen LogP contribution in [-0.4, -0.2) is 24.5 Å². The van der Waals surface area contributed by atoms with Gasteiger partial charge in [-0.2, -0.15) is 0 Å². The SMILES string of the molecule is Cc1c(Cc2ccccc2)c(=O)oc2cc(O[C@@H](C)C(=O)NCC3CCC(C(=O)[O-])CC3)c(Cl)cc12. The first-order valence-corrected chi connectivity index (χ1v) is 12.6. The van der Waals surface area contributed by atoms with E-state index in [9.17, 15) is 19.5 Å². The van der Waals surface area contributed by atoms with Gasteiger partial charge in [0.2, 0.25) is 0 Å². The maximum absolute atomic E-state index is 12.7. The summed E-state index contributed by atoms with van der Waals surface area (Å²) >= 11 is 6.48. The molecule has 4 rings (SSSR count). The van der Waals surface area contributed by atoms with E-state index in [0.29, 0.717) is 47.4 Å². The number of ether oxygens (including phenoxy) is 1. The third-order valence-corrected chi connectivity index (χ3v) is 7.28. The summed E-state index contributed by atoms with van der Waals surface area (Å²) in [5, 5.41) is 14.9. The van der Waals surface area contributed by atoms with Crippen molar-refractivity contribution >= 4 is 34.4 Å². The van der Waals surface area contributed by atoms with Gasteiger partial charge in [-0.05, 0) is 68.6 Å². The third kappa shape index (κ3) is 5.90. The van der Waals surface area contributed by atoms with Crippen LogP contribution in [0.1, 0.15) is 49.3 Å². The van der Waals surface area contributed by atoms with E-state index >= 15 is 0 Å². The summed E-state index contributed by atoms with van der Waals surface area (Å²) in [4.78, 5) is 36.3. The number of carboxylic acid groups (broad SMARTS) is 1. The van der Waals surface area contributed by atoms with Crippen LogP contribution in [0.2, 0.25) is 5.02 Å². The molecule has 1 amide bonds. The van der Waals surface area contributed by atoms with Crippen LogP contribution in [0.4, 0.5) is 0 Å². The predicted octanol–water partition coefficient (Wildman–Crippen LogP) is 3.79. The van der Waals surface area contributed by atoms with Crippen molar-refractivity contribution in [3.05, 3.63) is 74.6 Å². The normalized spacial score (nSPS) is 18.5. The van der Waals surface area contributed by atoms with Crippen LogP contribution in [0.3, 0.4) is 0 Å². The van der Waals surface area contributed by atoms with Crippen molar-refractivity contribution in [2.24, 2.45) is 11.8 Å². The topological polar surface area (TPSA) is 109 Å². The van der Waals surface area contributed by atoms with Crippen LogP contribution in [0.25, 0.3) is 11.0 Å². The molecule has 36 heavy (non-hydrogen) atoms. The lowest BCUT2D eigenvalue weighted by Crippen LogP contribution is -2.40.